The van der Waals surface area contributed by atoms with Crippen molar-refractivity contribution in [2.24, 2.45) is 0 Å². The second kappa shape index (κ2) is 5.60. The van der Waals surface area contributed by atoms with Gasteiger partial charge in [-0.1, -0.05) is 6.07 Å². The van der Waals surface area contributed by atoms with E-state index in [4.69, 9.17) is 9.47 Å². The predicted molar refractivity (Wildman–Crippen MR) is 53.1 cm³/mol. The van der Waals surface area contributed by atoms with Gasteiger partial charge in [0.25, 0.3) is 0 Å². The fourth-order valence-corrected chi connectivity index (χ4v) is 1.08. The van der Waals surface area contributed by atoms with Crippen LogP contribution in [-0.4, -0.2) is 19.8 Å². The molecule has 0 N–H and O–H groups in total. The van der Waals surface area contributed by atoms with Gasteiger partial charge in [0.05, 0.1) is 6.61 Å². The molecule has 0 aliphatic rings. The van der Waals surface area contributed by atoms with Crippen molar-refractivity contribution >= 4 is 0 Å². The third-order valence-corrected chi connectivity index (χ3v) is 1.78. The van der Waals surface area contributed by atoms with E-state index in [0.717, 1.165) is 5.56 Å². The van der Waals surface area contributed by atoms with E-state index in [1.54, 1.807) is 12.1 Å². The van der Waals surface area contributed by atoms with Crippen molar-refractivity contribution in [2.45, 2.75) is 13.8 Å². The minimum atomic E-state index is -0.327. The maximum Gasteiger partial charge on any atom is 0.165 e. The van der Waals surface area contributed by atoms with Crippen LogP contribution in [0.5, 0.6) is 5.75 Å². The summed E-state index contributed by atoms with van der Waals surface area (Å²) in [4.78, 5) is 0. The molecule has 0 heterocycles. The highest BCUT2D eigenvalue weighted by atomic mass is 19.1. The number of benzene rings is 1. The molecule has 0 unspecified atom stereocenters. The lowest BCUT2D eigenvalue weighted by Gasteiger charge is -2.07. The molecule has 78 valence electrons. The number of aryl methyl sites for hydroxylation is 1. The summed E-state index contributed by atoms with van der Waals surface area (Å²) in [5, 5.41) is 0. The molecule has 1 rings (SSSR count). The molecule has 0 aliphatic carbocycles. The lowest BCUT2D eigenvalue weighted by molar-refractivity contribution is 0.108. The van der Waals surface area contributed by atoms with Crippen molar-refractivity contribution in [1.82, 2.24) is 0 Å². The zero-order valence-electron chi connectivity index (χ0n) is 8.55. The summed E-state index contributed by atoms with van der Waals surface area (Å²) in [5.74, 6) is -0.0307. The zero-order valence-corrected chi connectivity index (χ0v) is 8.55. The molecule has 2 nitrogen and oxygen atoms in total. The highest BCUT2D eigenvalue weighted by Gasteiger charge is 2.02. The van der Waals surface area contributed by atoms with Gasteiger partial charge in [0.2, 0.25) is 0 Å². The van der Waals surface area contributed by atoms with Gasteiger partial charge in [-0.2, -0.15) is 0 Å². The summed E-state index contributed by atoms with van der Waals surface area (Å²) < 4.78 is 23.4. The molecular formula is C11H15FO2. The van der Waals surface area contributed by atoms with Gasteiger partial charge in [-0.25, -0.2) is 4.39 Å². The number of rotatable bonds is 5. The van der Waals surface area contributed by atoms with Gasteiger partial charge in [-0.3, -0.25) is 0 Å². The Balaban J connectivity index is 2.45. The van der Waals surface area contributed by atoms with Gasteiger partial charge in [-0.15, -0.1) is 0 Å². The highest BCUT2D eigenvalue weighted by Crippen LogP contribution is 2.17. The fraction of sp³-hybridized carbons (Fsp3) is 0.455. The van der Waals surface area contributed by atoms with Crippen LogP contribution in [0, 0.1) is 12.7 Å². The van der Waals surface area contributed by atoms with Crippen LogP contribution < -0.4 is 4.74 Å². The number of hydrogen-bond acceptors (Lipinski definition) is 2. The Labute approximate surface area is 83.6 Å². The van der Waals surface area contributed by atoms with E-state index in [1.807, 2.05) is 13.8 Å². The van der Waals surface area contributed by atoms with E-state index in [9.17, 15) is 4.39 Å². The van der Waals surface area contributed by atoms with E-state index in [2.05, 4.69) is 0 Å². The minimum absolute atomic E-state index is 0.296. The average Bonchev–Trinajstić information content (AvgIpc) is 2.18. The molecule has 0 saturated carbocycles. The van der Waals surface area contributed by atoms with Crippen molar-refractivity contribution < 1.29 is 13.9 Å². The van der Waals surface area contributed by atoms with Gasteiger partial charge in [0.15, 0.2) is 11.6 Å². The molecule has 1 aromatic rings. The minimum Gasteiger partial charge on any atom is -0.488 e. The van der Waals surface area contributed by atoms with E-state index in [-0.39, 0.29) is 5.82 Å². The lowest BCUT2D eigenvalue weighted by atomic mass is 10.2. The Morgan fingerprint density at radius 1 is 1.29 bits per heavy atom. The quantitative estimate of drug-likeness (QED) is 0.677. The molecule has 0 amide bonds. The maximum atomic E-state index is 13.1. The largest absolute Gasteiger partial charge is 0.488 e. The lowest BCUT2D eigenvalue weighted by Crippen LogP contribution is -2.07. The first-order valence-corrected chi connectivity index (χ1v) is 4.70. The van der Waals surface area contributed by atoms with Crippen LogP contribution >= 0.6 is 0 Å². The first-order valence-electron chi connectivity index (χ1n) is 4.70. The van der Waals surface area contributed by atoms with Gasteiger partial charge >= 0.3 is 0 Å². The monoisotopic (exact) mass is 198 g/mol. The van der Waals surface area contributed by atoms with E-state index >= 15 is 0 Å². The van der Waals surface area contributed by atoms with Gasteiger partial charge in [0.1, 0.15) is 6.61 Å². The van der Waals surface area contributed by atoms with Crippen molar-refractivity contribution in [2.75, 3.05) is 19.8 Å². The smallest absolute Gasteiger partial charge is 0.165 e. The van der Waals surface area contributed by atoms with E-state index in [1.165, 1.54) is 6.07 Å². The summed E-state index contributed by atoms with van der Waals surface area (Å²) in [6, 6.07) is 4.80. The maximum absolute atomic E-state index is 13.1. The first kappa shape index (κ1) is 11.0. The normalized spacial score (nSPS) is 10.2. The van der Waals surface area contributed by atoms with Crippen LogP contribution in [0.1, 0.15) is 12.5 Å². The average molecular weight is 198 g/mol. The van der Waals surface area contributed by atoms with E-state index < -0.39 is 0 Å². The van der Waals surface area contributed by atoms with Crippen LogP contribution in [0.15, 0.2) is 18.2 Å². The van der Waals surface area contributed by atoms with Crippen LogP contribution in [0.2, 0.25) is 0 Å². The third kappa shape index (κ3) is 3.34. The molecule has 3 heteroatoms. The Morgan fingerprint density at radius 2 is 2.07 bits per heavy atom. The molecule has 0 aliphatic heterocycles. The molecule has 0 bridgehead atoms. The second-order valence-electron chi connectivity index (χ2n) is 2.98. The Morgan fingerprint density at radius 3 is 2.79 bits per heavy atom. The van der Waals surface area contributed by atoms with Crippen molar-refractivity contribution in [3.8, 4) is 5.75 Å². The topological polar surface area (TPSA) is 18.5 Å². The Bertz CT molecular complexity index is 287. The summed E-state index contributed by atoms with van der Waals surface area (Å²) in [6.07, 6.45) is 0. The van der Waals surface area contributed by atoms with Gasteiger partial charge in [0, 0.05) is 6.61 Å². The highest BCUT2D eigenvalue weighted by molar-refractivity contribution is 5.29. The number of halogens is 1. The van der Waals surface area contributed by atoms with Crippen molar-refractivity contribution in [3.63, 3.8) is 0 Å². The molecule has 0 spiro atoms. The molecule has 0 saturated heterocycles. The SMILES string of the molecule is CCOCCOc1cc(C)ccc1F. The van der Waals surface area contributed by atoms with Gasteiger partial charge in [-0.05, 0) is 31.5 Å². The van der Waals surface area contributed by atoms with Crippen molar-refractivity contribution in [1.29, 1.82) is 0 Å². The summed E-state index contributed by atoms with van der Waals surface area (Å²) >= 11 is 0. The summed E-state index contributed by atoms with van der Waals surface area (Å²) in [5.41, 5.74) is 0.984. The standard InChI is InChI=1S/C11H15FO2/c1-3-13-6-7-14-11-8-9(2)4-5-10(11)12/h4-5,8H,3,6-7H2,1-2H3. The summed E-state index contributed by atoms with van der Waals surface area (Å²) in [7, 11) is 0. The number of hydrogen-bond donors (Lipinski definition) is 0. The van der Waals surface area contributed by atoms with Crippen LogP contribution in [0.25, 0.3) is 0 Å². The number of ether oxygens (including phenoxy) is 2. The Hall–Kier alpha value is -1.09. The molecule has 1 aromatic carbocycles. The zero-order chi connectivity index (χ0) is 10.4. The first-order chi connectivity index (χ1) is 6.74. The molecule has 0 aromatic heterocycles. The molecule has 0 fully saturated rings. The molecule has 0 atom stereocenters. The molecule has 0 radical (unpaired) electrons. The van der Waals surface area contributed by atoms with Crippen LogP contribution in [0.3, 0.4) is 0 Å². The van der Waals surface area contributed by atoms with Crippen LogP contribution in [-0.2, 0) is 4.74 Å². The molecule has 14 heavy (non-hydrogen) atoms. The third-order valence-electron chi connectivity index (χ3n) is 1.78. The van der Waals surface area contributed by atoms with Crippen molar-refractivity contribution in [3.05, 3.63) is 29.6 Å². The summed E-state index contributed by atoms with van der Waals surface area (Å²) in [6.45, 7) is 5.33. The van der Waals surface area contributed by atoms with Gasteiger partial charge < -0.3 is 9.47 Å². The second-order valence-corrected chi connectivity index (χ2v) is 2.98. The predicted octanol–water partition coefficient (Wildman–Crippen LogP) is 2.55. The van der Waals surface area contributed by atoms with Crippen LogP contribution in [0.4, 0.5) is 4.39 Å². The molecular weight excluding hydrogens is 183 g/mol. The Kier molecular flexibility index (Phi) is 4.40. The van der Waals surface area contributed by atoms with E-state index in [0.29, 0.717) is 25.6 Å². The fourth-order valence-electron chi connectivity index (χ4n) is 1.08.